The molecule has 0 radical (unpaired) electrons. The zero-order chi connectivity index (χ0) is 9.68. The molecule has 4 heteroatoms. The monoisotopic (exact) mass is 187 g/mol. The maximum atomic E-state index is 11.1. The zero-order valence-corrected chi connectivity index (χ0v) is 8.21. The smallest absolute Gasteiger partial charge is 0.325 e. The van der Waals surface area contributed by atoms with Gasteiger partial charge in [-0.05, 0) is 6.42 Å². The van der Waals surface area contributed by atoms with Crippen LogP contribution >= 0.6 is 0 Å². The predicted octanol–water partition coefficient (Wildman–Crippen LogP) is 0.316. The van der Waals surface area contributed by atoms with Gasteiger partial charge in [-0.15, -0.1) is 0 Å². The van der Waals surface area contributed by atoms with Crippen LogP contribution in [0.4, 0.5) is 0 Å². The molecule has 0 aromatic heterocycles. The number of morpholine rings is 1. The van der Waals surface area contributed by atoms with Crippen LogP contribution in [0.5, 0.6) is 0 Å². The molecule has 2 atom stereocenters. The Bertz CT molecular complexity index is 164. The largest absolute Gasteiger partial charge is 0.468 e. The second kappa shape index (κ2) is 5.19. The Hall–Kier alpha value is -0.610. The average molecular weight is 187 g/mol. The summed E-state index contributed by atoms with van der Waals surface area (Å²) in [5.41, 5.74) is 0. The lowest BCUT2D eigenvalue weighted by molar-refractivity contribution is -0.147. The number of nitrogens with one attached hydrogen (secondary N) is 1. The zero-order valence-electron chi connectivity index (χ0n) is 8.21. The molecule has 1 rings (SSSR count). The molecule has 1 N–H and O–H groups in total. The Morgan fingerprint density at radius 3 is 2.92 bits per heavy atom. The van der Waals surface area contributed by atoms with Crippen molar-refractivity contribution in [3.8, 4) is 0 Å². The number of esters is 1. The molecule has 1 fully saturated rings. The number of carbonyl (C=O) groups excluding carboxylic acids is 1. The van der Waals surface area contributed by atoms with E-state index in [2.05, 4.69) is 17.0 Å². The van der Waals surface area contributed by atoms with E-state index >= 15 is 0 Å². The Morgan fingerprint density at radius 2 is 2.46 bits per heavy atom. The molecule has 1 heterocycles. The van der Waals surface area contributed by atoms with Crippen LogP contribution < -0.4 is 5.32 Å². The molecule has 0 saturated carbocycles. The summed E-state index contributed by atoms with van der Waals surface area (Å²) in [6.07, 6.45) is 2.40. The summed E-state index contributed by atoms with van der Waals surface area (Å²) < 4.78 is 10.1. The predicted molar refractivity (Wildman–Crippen MR) is 48.5 cm³/mol. The van der Waals surface area contributed by atoms with Crippen LogP contribution in [0.25, 0.3) is 0 Å². The first-order valence-corrected chi connectivity index (χ1v) is 4.70. The summed E-state index contributed by atoms with van der Waals surface area (Å²) in [7, 11) is 1.39. The molecule has 1 saturated heterocycles. The van der Waals surface area contributed by atoms with Crippen molar-refractivity contribution in [2.75, 3.05) is 20.3 Å². The van der Waals surface area contributed by atoms with Crippen LogP contribution in [0.2, 0.25) is 0 Å². The van der Waals surface area contributed by atoms with Crippen LogP contribution in [0.3, 0.4) is 0 Å². The highest BCUT2D eigenvalue weighted by molar-refractivity contribution is 5.75. The molecule has 2 unspecified atom stereocenters. The van der Waals surface area contributed by atoms with Crippen molar-refractivity contribution in [2.45, 2.75) is 31.9 Å². The summed E-state index contributed by atoms with van der Waals surface area (Å²) >= 11 is 0. The van der Waals surface area contributed by atoms with Gasteiger partial charge in [-0.3, -0.25) is 10.1 Å². The summed E-state index contributed by atoms with van der Waals surface area (Å²) in [5.74, 6) is -0.241. The van der Waals surface area contributed by atoms with Crippen LogP contribution in [-0.4, -0.2) is 38.4 Å². The second-order valence-corrected chi connectivity index (χ2v) is 3.23. The fourth-order valence-corrected chi connectivity index (χ4v) is 1.42. The van der Waals surface area contributed by atoms with E-state index in [0.717, 1.165) is 19.4 Å². The van der Waals surface area contributed by atoms with Crippen LogP contribution in [0.1, 0.15) is 19.8 Å². The van der Waals surface area contributed by atoms with Crippen molar-refractivity contribution in [1.82, 2.24) is 5.32 Å². The van der Waals surface area contributed by atoms with Gasteiger partial charge >= 0.3 is 5.97 Å². The van der Waals surface area contributed by atoms with Crippen molar-refractivity contribution < 1.29 is 14.3 Å². The molecule has 0 amide bonds. The van der Waals surface area contributed by atoms with Gasteiger partial charge in [-0.1, -0.05) is 13.3 Å². The van der Waals surface area contributed by atoms with Gasteiger partial charge in [-0.25, -0.2) is 0 Å². The molecule has 0 bridgehead atoms. The van der Waals surface area contributed by atoms with E-state index in [-0.39, 0.29) is 18.1 Å². The molecule has 0 spiro atoms. The number of hydrogen-bond acceptors (Lipinski definition) is 4. The van der Waals surface area contributed by atoms with E-state index in [1.54, 1.807) is 0 Å². The van der Waals surface area contributed by atoms with E-state index in [0.29, 0.717) is 6.61 Å². The SMILES string of the molecule is CCCC1CNC(C(=O)OC)CO1. The van der Waals surface area contributed by atoms with Gasteiger partial charge in [0, 0.05) is 6.54 Å². The summed E-state index contributed by atoms with van der Waals surface area (Å²) in [6, 6.07) is -0.280. The minimum Gasteiger partial charge on any atom is -0.468 e. The average Bonchev–Trinajstić information content (AvgIpc) is 2.18. The van der Waals surface area contributed by atoms with E-state index in [4.69, 9.17) is 4.74 Å². The highest BCUT2D eigenvalue weighted by Crippen LogP contribution is 2.07. The van der Waals surface area contributed by atoms with E-state index in [1.165, 1.54) is 7.11 Å². The molecular formula is C9H17NO3. The van der Waals surface area contributed by atoms with Gasteiger partial charge in [-0.2, -0.15) is 0 Å². The number of rotatable bonds is 3. The fourth-order valence-electron chi connectivity index (χ4n) is 1.42. The summed E-state index contributed by atoms with van der Waals surface area (Å²) in [5, 5.41) is 3.11. The van der Waals surface area contributed by atoms with E-state index < -0.39 is 0 Å². The summed E-state index contributed by atoms with van der Waals surface area (Å²) in [4.78, 5) is 11.1. The Balaban J connectivity index is 2.26. The molecule has 1 aliphatic rings. The third-order valence-corrected chi connectivity index (χ3v) is 2.19. The molecule has 4 nitrogen and oxygen atoms in total. The van der Waals surface area contributed by atoms with Gasteiger partial charge < -0.3 is 9.47 Å². The van der Waals surface area contributed by atoms with Crippen molar-refractivity contribution in [1.29, 1.82) is 0 Å². The highest BCUT2D eigenvalue weighted by Gasteiger charge is 2.26. The van der Waals surface area contributed by atoms with E-state index in [9.17, 15) is 4.79 Å². The Labute approximate surface area is 78.6 Å². The third-order valence-electron chi connectivity index (χ3n) is 2.19. The van der Waals surface area contributed by atoms with Crippen LogP contribution in [-0.2, 0) is 14.3 Å². The van der Waals surface area contributed by atoms with Crippen molar-refractivity contribution in [3.63, 3.8) is 0 Å². The molecule has 13 heavy (non-hydrogen) atoms. The molecule has 0 aromatic rings. The number of hydrogen-bond donors (Lipinski definition) is 1. The molecular weight excluding hydrogens is 170 g/mol. The lowest BCUT2D eigenvalue weighted by Gasteiger charge is -2.28. The van der Waals surface area contributed by atoms with Gasteiger partial charge in [0.25, 0.3) is 0 Å². The minimum absolute atomic E-state index is 0.241. The van der Waals surface area contributed by atoms with Gasteiger partial charge in [0.1, 0.15) is 6.04 Å². The fraction of sp³-hybridized carbons (Fsp3) is 0.889. The third kappa shape index (κ3) is 2.97. The van der Waals surface area contributed by atoms with E-state index in [1.807, 2.05) is 0 Å². The number of carbonyl (C=O) groups is 1. The van der Waals surface area contributed by atoms with Crippen molar-refractivity contribution in [3.05, 3.63) is 0 Å². The number of methoxy groups -OCH3 is 1. The lowest BCUT2D eigenvalue weighted by Crippen LogP contribution is -2.50. The standard InChI is InChI=1S/C9H17NO3/c1-3-4-7-5-10-8(6-13-7)9(11)12-2/h7-8,10H,3-6H2,1-2H3. The lowest BCUT2D eigenvalue weighted by atomic mass is 10.1. The van der Waals surface area contributed by atoms with Crippen molar-refractivity contribution in [2.24, 2.45) is 0 Å². The molecule has 76 valence electrons. The first kappa shape index (κ1) is 10.5. The highest BCUT2D eigenvalue weighted by atomic mass is 16.5. The maximum Gasteiger partial charge on any atom is 0.325 e. The Kier molecular flexibility index (Phi) is 4.18. The van der Waals surface area contributed by atoms with Crippen molar-refractivity contribution >= 4 is 5.97 Å². The quantitative estimate of drug-likeness (QED) is 0.646. The summed E-state index contributed by atoms with van der Waals surface area (Å²) in [6.45, 7) is 3.29. The molecule has 1 aliphatic heterocycles. The van der Waals surface area contributed by atoms with Crippen LogP contribution in [0.15, 0.2) is 0 Å². The maximum absolute atomic E-state index is 11.1. The first-order chi connectivity index (χ1) is 6.27. The number of ether oxygens (including phenoxy) is 2. The minimum atomic E-state index is -0.280. The van der Waals surface area contributed by atoms with Gasteiger partial charge in [0.2, 0.25) is 0 Å². The first-order valence-electron chi connectivity index (χ1n) is 4.70. The van der Waals surface area contributed by atoms with Gasteiger partial charge in [0.15, 0.2) is 0 Å². The normalized spacial score (nSPS) is 28.5. The molecule has 0 aromatic carbocycles. The molecule has 0 aliphatic carbocycles. The van der Waals surface area contributed by atoms with Crippen LogP contribution in [0, 0.1) is 0 Å². The Morgan fingerprint density at radius 1 is 1.69 bits per heavy atom. The second-order valence-electron chi connectivity index (χ2n) is 3.23. The topological polar surface area (TPSA) is 47.6 Å². The van der Waals surface area contributed by atoms with Gasteiger partial charge in [0.05, 0.1) is 19.8 Å².